The second-order valence-electron chi connectivity index (χ2n) is 3.81. The molecule has 0 aliphatic heterocycles. The standard InChI is InChI=1S/C12H20N2O2/c1-4-7-14-8-6-13-12(14)9-10(15)11(5-2)16-3/h6,8,11H,4-5,7,9H2,1-3H3. The zero-order chi connectivity index (χ0) is 12.0. The van der Waals surface area contributed by atoms with E-state index in [9.17, 15) is 4.79 Å². The number of ketones is 1. The fourth-order valence-electron chi connectivity index (χ4n) is 1.75. The fourth-order valence-corrected chi connectivity index (χ4v) is 1.75. The maximum absolute atomic E-state index is 11.9. The van der Waals surface area contributed by atoms with Crippen molar-refractivity contribution >= 4 is 5.78 Å². The molecule has 1 unspecified atom stereocenters. The Labute approximate surface area is 96.6 Å². The quantitative estimate of drug-likeness (QED) is 0.709. The first-order valence-corrected chi connectivity index (χ1v) is 5.78. The number of aromatic nitrogens is 2. The predicted molar refractivity (Wildman–Crippen MR) is 62.3 cm³/mol. The number of ether oxygens (including phenoxy) is 1. The summed E-state index contributed by atoms with van der Waals surface area (Å²) in [4.78, 5) is 16.1. The van der Waals surface area contributed by atoms with E-state index in [1.165, 1.54) is 0 Å². The highest BCUT2D eigenvalue weighted by molar-refractivity contribution is 5.84. The molecule has 1 aromatic heterocycles. The number of methoxy groups -OCH3 is 1. The molecule has 4 nitrogen and oxygen atoms in total. The van der Waals surface area contributed by atoms with Crippen LogP contribution in [0.15, 0.2) is 12.4 Å². The molecule has 0 aromatic carbocycles. The van der Waals surface area contributed by atoms with Crippen molar-refractivity contribution in [3.05, 3.63) is 18.2 Å². The average molecular weight is 224 g/mol. The van der Waals surface area contributed by atoms with E-state index in [-0.39, 0.29) is 11.9 Å². The Bertz CT molecular complexity index is 330. The highest BCUT2D eigenvalue weighted by Crippen LogP contribution is 2.06. The molecule has 0 N–H and O–H groups in total. The monoisotopic (exact) mass is 224 g/mol. The van der Waals surface area contributed by atoms with Crippen LogP contribution in [0.25, 0.3) is 0 Å². The van der Waals surface area contributed by atoms with E-state index >= 15 is 0 Å². The zero-order valence-corrected chi connectivity index (χ0v) is 10.3. The van der Waals surface area contributed by atoms with Crippen molar-refractivity contribution in [2.75, 3.05) is 7.11 Å². The van der Waals surface area contributed by atoms with Gasteiger partial charge in [0.25, 0.3) is 0 Å². The maximum Gasteiger partial charge on any atom is 0.169 e. The third-order valence-electron chi connectivity index (χ3n) is 2.61. The number of carbonyl (C=O) groups is 1. The minimum atomic E-state index is -0.299. The van der Waals surface area contributed by atoms with Gasteiger partial charge in [0.1, 0.15) is 11.9 Å². The van der Waals surface area contributed by atoms with Gasteiger partial charge in [-0.15, -0.1) is 0 Å². The Morgan fingerprint density at radius 2 is 2.31 bits per heavy atom. The largest absolute Gasteiger partial charge is 0.374 e. The lowest BCUT2D eigenvalue weighted by Gasteiger charge is -2.12. The summed E-state index contributed by atoms with van der Waals surface area (Å²) in [5.74, 6) is 0.941. The molecule has 0 saturated carbocycles. The lowest BCUT2D eigenvalue weighted by Crippen LogP contribution is -2.25. The molecule has 0 fully saturated rings. The lowest BCUT2D eigenvalue weighted by molar-refractivity contribution is -0.128. The van der Waals surface area contributed by atoms with Crippen LogP contribution in [0.1, 0.15) is 32.5 Å². The summed E-state index contributed by atoms with van der Waals surface area (Å²) in [6.07, 6.45) is 5.47. The summed E-state index contributed by atoms with van der Waals surface area (Å²) in [5.41, 5.74) is 0. The van der Waals surface area contributed by atoms with Crippen molar-refractivity contribution in [2.24, 2.45) is 0 Å². The van der Waals surface area contributed by atoms with E-state index in [2.05, 4.69) is 11.9 Å². The molecule has 0 aliphatic rings. The first kappa shape index (κ1) is 12.9. The van der Waals surface area contributed by atoms with Gasteiger partial charge in [0.2, 0.25) is 0 Å². The van der Waals surface area contributed by atoms with Crippen LogP contribution in [0.3, 0.4) is 0 Å². The molecule has 0 aliphatic carbocycles. The van der Waals surface area contributed by atoms with E-state index in [1.807, 2.05) is 17.7 Å². The molecule has 0 bridgehead atoms. The van der Waals surface area contributed by atoms with Crippen LogP contribution in [0.2, 0.25) is 0 Å². The Hall–Kier alpha value is -1.16. The van der Waals surface area contributed by atoms with Gasteiger partial charge in [-0.05, 0) is 12.8 Å². The number of rotatable bonds is 7. The molecular weight excluding hydrogens is 204 g/mol. The number of aryl methyl sites for hydroxylation is 1. The van der Waals surface area contributed by atoms with Crippen molar-refractivity contribution in [2.45, 2.75) is 45.8 Å². The molecule has 0 amide bonds. The molecule has 16 heavy (non-hydrogen) atoms. The fraction of sp³-hybridized carbons (Fsp3) is 0.667. The summed E-state index contributed by atoms with van der Waals surface area (Å²) in [5, 5.41) is 0. The van der Waals surface area contributed by atoms with Gasteiger partial charge in [-0.2, -0.15) is 0 Å². The third-order valence-corrected chi connectivity index (χ3v) is 2.61. The maximum atomic E-state index is 11.9. The van der Waals surface area contributed by atoms with Crippen LogP contribution in [0, 0.1) is 0 Å². The minimum absolute atomic E-state index is 0.105. The smallest absolute Gasteiger partial charge is 0.169 e. The van der Waals surface area contributed by atoms with Gasteiger partial charge in [-0.3, -0.25) is 4.79 Å². The number of nitrogens with zero attached hydrogens (tertiary/aromatic N) is 2. The van der Waals surface area contributed by atoms with E-state index < -0.39 is 0 Å². The Morgan fingerprint density at radius 3 is 2.88 bits per heavy atom. The van der Waals surface area contributed by atoms with E-state index in [0.717, 1.165) is 18.8 Å². The van der Waals surface area contributed by atoms with Gasteiger partial charge in [0, 0.05) is 26.0 Å². The molecule has 0 radical (unpaired) electrons. The van der Waals surface area contributed by atoms with Crippen LogP contribution < -0.4 is 0 Å². The second kappa shape index (κ2) is 6.43. The van der Waals surface area contributed by atoms with E-state index in [0.29, 0.717) is 12.8 Å². The zero-order valence-electron chi connectivity index (χ0n) is 10.3. The highest BCUT2D eigenvalue weighted by atomic mass is 16.5. The topological polar surface area (TPSA) is 44.1 Å². The summed E-state index contributed by atoms with van der Waals surface area (Å²) < 4.78 is 7.15. The SMILES string of the molecule is CCCn1ccnc1CC(=O)C(CC)OC. The highest BCUT2D eigenvalue weighted by Gasteiger charge is 2.17. The van der Waals surface area contributed by atoms with Gasteiger partial charge in [-0.25, -0.2) is 4.98 Å². The molecule has 0 spiro atoms. The normalized spacial score (nSPS) is 12.7. The summed E-state index contributed by atoms with van der Waals surface area (Å²) in [7, 11) is 1.57. The Morgan fingerprint density at radius 1 is 1.56 bits per heavy atom. The van der Waals surface area contributed by atoms with Crippen LogP contribution in [0.5, 0.6) is 0 Å². The number of hydrogen-bond donors (Lipinski definition) is 0. The van der Waals surface area contributed by atoms with Crippen molar-refractivity contribution in [3.8, 4) is 0 Å². The summed E-state index contributed by atoms with van der Waals surface area (Å²) >= 11 is 0. The molecule has 1 atom stereocenters. The van der Waals surface area contributed by atoms with Crippen LogP contribution in [-0.4, -0.2) is 28.5 Å². The van der Waals surface area contributed by atoms with E-state index in [1.54, 1.807) is 13.3 Å². The molecule has 1 rings (SSSR count). The van der Waals surface area contributed by atoms with Crippen LogP contribution in [-0.2, 0) is 22.5 Å². The summed E-state index contributed by atoms with van der Waals surface area (Å²) in [6.45, 7) is 4.96. The molecule has 1 heterocycles. The summed E-state index contributed by atoms with van der Waals surface area (Å²) in [6, 6.07) is 0. The van der Waals surface area contributed by atoms with Gasteiger partial charge in [0.05, 0.1) is 6.42 Å². The van der Waals surface area contributed by atoms with Crippen molar-refractivity contribution < 1.29 is 9.53 Å². The first-order valence-electron chi connectivity index (χ1n) is 5.78. The third kappa shape index (κ3) is 3.17. The van der Waals surface area contributed by atoms with Crippen molar-refractivity contribution in [1.29, 1.82) is 0 Å². The van der Waals surface area contributed by atoms with Gasteiger partial charge < -0.3 is 9.30 Å². The molecule has 4 heteroatoms. The van der Waals surface area contributed by atoms with Gasteiger partial charge >= 0.3 is 0 Å². The molecule has 90 valence electrons. The first-order chi connectivity index (χ1) is 7.72. The second-order valence-corrected chi connectivity index (χ2v) is 3.81. The van der Waals surface area contributed by atoms with Crippen LogP contribution >= 0.6 is 0 Å². The van der Waals surface area contributed by atoms with Gasteiger partial charge in [-0.1, -0.05) is 13.8 Å². The van der Waals surface area contributed by atoms with Crippen LogP contribution in [0.4, 0.5) is 0 Å². The predicted octanol–water partition coefficient (Wildman–Crippen LogP) is 1.83. The van der Waals surface area contributed by atoms with Crippen molar-refractivity contribution in [1.82, 2.24) is 9.55 Å². The molecule has 1 aromatic rings. The number of imidazole rings is 1. The minimum Gasteiger partial charge on any atom is -0.374 e. The van der Waals surface area contributed by atoms with Crippen molar-refractivity contribution in [3.63, 3.8) is 0 Å². The average Bonchev–Trinajstić information content (AvgIpc) is 2.68. The molecular formula is C12H20N2O2. The Balaban J connectivity index is 2.64. The Kier molecular flexibility index (Phi) is 5.19. The van der Waals surface area contributed by atoms with Gasteiger partial charge in [0.15, 0.2) is 5.78 Å². The number of Topliss-reactive ketones (excluding diaryl/α,β-unsaturated/α-hetero) is 1. The molecule has 0 saturated heterocycles. The lowest BCUT2D eigenvalue weighted by atomic mass is 10.1. The van der Waals surface area contributed by atoms with E-state index in [4.69, 9.17) is 4.74 Å². The number of carbonyl (C=O) groups excluding carboxylic acids is 1. The number of hydrogen-bond acceptors (Lipinski definition) is 3.